The molecule has 0 saturated carbocycles. The Bertz CT molecular complexity index is 676. The van der Waals surface area contributed by atoms with Gasteiger partial charge in [-0.05, 0) is 36.4 Å². The largest absolute Gasteiger partial charge is 0.322 e. The topological polar surface area (TPSA) is 29.1 Å². The molecule has 0 unspecified atom stereocenters. The first-order valence-corrected chi connectivity index (χ1v) is 5.81. The Kier molecular flexibility index (Phi) is 3.84. The number of terminal acetylenes is 1. The number of anilines is 1. The fraction of sp³-hybridized carbons (Fsp3) is 0. The van der Waals surface area contributed by atoms with E-state index in [1.165, 1.54) is 12.1 Å². The van der Waals surface area contributed by atoms with Crippen LogP contribution in [0.3, 0.4) is 0 Å². The Hall–Kier alpha value is -2.31. The Labute approximate surface area is 115 Å². The van der Waals surface area contributed by atoms with Crippen LogP contribution >= 0.6 is 11.6 Å². The van der Waals surface area contributed by atoms with Crippen LogP contribution in [0.15, 0.2) is 42.5 Å². The van der Waals surface area contributed by atoms with Crippen molar-refractivity contribution in [1.29, 1.82) is 0 Å². The maximum Gasteiger partial charge on any atom is 0.255 e. The first-order valence-electron chi connectivity index (χ1n) is 5.43. The van der Waals surface area contributed by atoms with Gasteiger partial charge in [-0.1, -0.05) is 23.6 Å². The zero-order valence-corrected chi connectivity index (χ0v) is 10.5. The van der Waals surface area contributed by atoms with E-state index in [9.17, 15) is 9.18 Å². The second-order valence-corrected chi connectivity index (χ2v) is 4.22. The highest BCUT2D eigenvalue weighted by Crippen LogP contribution is 2.17. The highest BCUT2D eigenvalue weighted by Gasteiger charge is 2.09. The molecule has 4 heteroatoms. The van der Waals surface area contributed by atoms with E-state index in [-0.39, 0.29) is 10.6 Å². The van der Waals surface area contributed by atoms with Crippen molar-refractivity contribution in [1.82, 2.24) is 0 Å². The van der Waals surface area contributed by atoms with Crippen molar-refractivity contribution in [2.75, 3.05) is 5.32 Å². The summed E-state index contributed by atoms with van der Waals surface area (Å²) in [4.78, 5) is 11.9. The van der Waals surface area contributed by atoms with Gasteiger partial charge in [0.1, 0.15) is 5.82 Å². The molecule has 0 aliphatic carbocycles. The highest BCUT2D eigenvalue weighted by molar-refractivity contribution is 6.30. The number of amides is 1. The SMILES string of the molecule is C#Cc1cccc(NC(=O)c2ccc(Cl)c(F)c2)c1. The standard InChI is InChI=1S/C15H9ClFNO/c1-2-10-4-3-5-12(8-10)18-15(19)11-6-7-13(16)14(17)9-11/h1,3-9H,(H,18,19). The number of rotatable bonds is 2. The normalized spacial score (nSPS) is 9.74. The van der Waals surface area contributed by atoms with Gasteiger partial charge in [0.2, 0.25) is 0 Å². The number of hydrogen-bond donors (Lipinski definition) is 1. The molecular weight excluding hydrogens is 265 g/mol. The van der Waals surface area contributed by atoms with E-state index >= 15 is 0 Å². The van der Waals surface area contributed by atoms with Gasteiger partial charge in [0.05, 0.1) is 5.02 Å². The molecule has 2 aromatic rings. The van der Waals surface area contributed by atoms with Crippen LogP contribution in [0, 0.1) is 18.2 Å². The van der Waals surface area contributed by atoms with E-state index in [0.29, 0.717) is 11.3 Å². The van der Waals surface area contributed by atoms with Crippen LogP contribution in [0.5, 0.6) is 0 Å². The minimum atomic E-state index is -0.633. The van der Waals surface area contributed by atoms with Gasteiger partial charge >= 0.3 is 0 Å². The van der Waals surface area contributed by atoms with Gasteiger partial charge in [-0.25, -0.2) is 4.39 Å². The summed E-state index contributed by atoms with van der Waals surface area (Å²) >= 11 is 5.56. The van der Waals surface area contributed by atoms with Gasteiger partial charge in [-0.3, -0.25) is 4.79 Å². The number of nitrogens with one attached hydrogen (secondary N) is 1. The van der Waals surface area contributed by atoms with Gasteiger partial charge < -0.3 is 5.32 Å². The first kappa shape index (κ1) is 13.1. The lowest BCUT2D eigenvalue weighted by atomic mass is 10.2. The van der Waals surface area contributed by atoms with Gasteiger partial charge in [0.15, 0.2) is 0 Å². The van der Waals surface area contributed by atoms with Crippen molar-refractivity contribution in [2.45, 2.75) is 0 Å². The average molecular weight is 274 g/mol. The molecule has 0 heterocycles. The lowest BCUT2D eigenvalue weighted by molar-refractivity contribution is 0.102. The number of carbonyl (C=O) groups is 1. The molecule has 2 nitrogen and oxygen atoms in total. The number of carbonyl (C=O) groups excluding carboxylic acids is 1. The molecule has 0 fully saturated rings. The average Bonchev–Trinajstić information content (AvgIpc) is 2.42. The highest BCUT2D eigenvalue weighted by atomic mass is 35.5. The summed E-state index contributed by atoms with van der Waals surface area (Å²) in [7, 11) is 0. The zero-order chi connectivity index (χ0) is 13.8. The van der Waals surface area contributed by atoms with E-state index in [2.05, 4.69) is 11.2 Å². The zero-order valence-electron chi connectivity index (χ0n) is 9.78. The van der Waals surface area contributed by atoms with Crippen molar-refractivity contribution in [3.8, 4) is 12.3 Å². The first-order chi connectivity index (χ1) is 9.10. The molecule has 0 radical (unpaired) electrons. The third-order valence-corrected chi connectivity index (χ3v) is 2.78. The molecule has 0 spiro atoms. The Balaban J connectivity index is 2.21. The summed E-state index contributed by atoms with van der Waals surface area (Å²) in [6, 6.07) is 10.7. The van der Waals surface area contributed by atoms with Crippen molar-refractivity contribution in [3.63, 3.8) is 0 Å². The molecule has 2 aromatic carbocycles. The molecule has 0 aliphatic rings. The predicted molar refractivity (Wildman–Crippen MR) is 73.7 cm³/mol. The molecular formula is C15H9ClFNO. The Morgan fingerprint density at radius 2 is 2.05 bits per heavy atom. The van der Waals surface area contributed by atoms with Crippen LogP contribution < -0.4 is 5.32 Å². The van der Waals surface area contributed by atoms with Gasteiger partial charge in [0.25, 0.3) is 5.91 Å². The summed E-state index contributed by atoms with van der Waals surface area (Å²) < 4.78 is 13.3. The molecule has 19 heavy (non-hydrogen) atoms. The number of benzene rings is 2. The maximum absolute atomic E-state index is 13.3. The lowest BCUT2D eigenvalue weighted by Gasteiger charge is -2.06. The second-order valence-electron chi connectivity index (χ2n) is 3.81. The van der Waals surface area contributed by atoms with Crippen LogP contribution in [-0.2, 0) is 0 Å². The Morgan fingerprint density at radius 1 is 1.26 bits per heavy atom. The van der Waals surface area contributed by atoms with Crippen molar-refractivity contribution in [2.24, 2.45) is 0 Å². The minimum absolute atomic E-state index is 0.0223. The van der Waals surface area contributed by atoms with Crippen LogP contribution in [0.2, 0.25) is 5.02 Å². The number of hydrogen-bond acceptors (Lipinski definition) is 1. The van der Waals surface area contributed by atoms with Crippen LogP contribution in [0.25, 0.3) is 0 Å². The molecule has 0 saturated heterocycles. The fourth-order valence-electron chi connectivity index (χ4n) is 1.53. The quantitative estimate of drug-likeness (QED) is 0.831. The fourth-order valence-corrected chi connectivity index (χ4v) is 1.64. The van der Waals surface area contributed by atoms with E-state index < -0.39 is 11.7 Å². The van der Waals surface area contributed by atoms with Crippen LogP contribution in [0.4, 0.5) is 10.1 Å². The van der Waals surface area contributed by atoms with Gasteiger partial charge in [-0.15, -0.1) is 6.42 Å². The molecule has 1 amide bonds. The van der Waals surface area contributed by atoms with Crippen LogP contribution in [0.1, 0.15) is 15.9 Å². The molecule has 2 rings (SSSR count). The van der Waals surface area contributed by atoms with Gasteiger partial charge in [-0.2, -0.15) is 0 Å². The predicted octanol–water partition coefficient (Wildman–Crippen LogP) is 3.71. The number of halogens is 2. The molecule has 1 N–H and O–H groups in total. The lowest BCUT2D eigenvalue weighted by Crippen LogP contribution is -2.12. The molecule has 0 aromatic heterocycles. The van der Waals surface area contributed by atoms with Crippen LogP contribution in [-0.4, -0.2) is 5.91 Å². The monoisotopic (exact) mass is 273 g/mol. The van der Waals surface area contributed by atoms with Crippen molar-refractivity contribution in [3.05, 3.63) is 64.4 Å². The van der Waals surface area contributed by atoms with Crippen molar-refractivity contribution >= 4 is 23.2 Å². The maximum atomic E-state index is 13.3. The Morgan fingerprint density at radius 3 is 2.74 bits per heavy atom. The summed E-state index contributed by atoms with van der Waals surface area (Å²) in [6.07, 6.45) is 5.27. The molecule has 0 atom stereocenters. The molecule has 0 bridgehead atoms. The summed E-state index contributed by atoms with van der Waals surface area (Å²) in [5, 5.41) is 2.61. The molecule has 0 aliphatic heterocycles. The minimum Gasteiger partial charge on any atom is -0.322 e. The third-order valence-electron chi connectivity index (χ3n) is 2.47. The summed E-state index contributed by atoms with van der Waals surface area (Å²) in [5.41, 5.74) is 1.39. The summed E-state index contributed by atoms with van der Waals surface area (Å²) in [5.74, 6) is 1.41. The smallest absolute Gasteiger partial charge is 0.255 e. The third kappa shape index (κ3) is 3.12. The molecule has 94 valence electrons. The van der Waals surface area contributed by atoms with E-state index in [1.807, 2.05) is 0 Å². The van der Waals surface area contributed by atoms with E-state index in [4.69, 9.17) is 18.0 Å². The van der Waals surface area contributed by atoms with Gasteiger partial charge in [0, 0.05) is 16.8 Å². The van der Waals surface area contributed by atoms with Crippen molar-refractivity contribution < 1.29 is 9.18 Å². The summed E-state index contributed by atoms with van der Waals surface area (Å²) in [6.45, 7) is 0. The van der Waals surface area contributed by atoms with E-state index in [1.54, 1.807) is 24.3 Å². The second kappa shape index (κ2) is 5.55. The van der Waals surface area contributed by atoms with E-state index in [0.717, 1.165) is 6.07 Å².